The Hall–Kier alpha value is -3.35. The zero-order valence-corrected chi connectivity index (χ0v) is 14.7. The van der Waals surface area contributed by atoms with Gasteiger partial charge in [-0.05, 0) is 48.4 Å². The maximum absolute atomic E-state index is 11.9. The molecule has 2 aromatic rings. The predicted octanol–water partition coefficient (Wildman–Crippen LogP) is 2.58. The minimum Gasteiger partial charge on any atom is -0.504 e. The Kier molecular flexibility index (Phi) is 6.73. The van der Waals surface area contributed by atoms with Crippen molar-refractivity contribution in [1.82, 2.24) is 5.43 Å². The number of benzene rings is 2. The fourth-order valence-corrected chi connectivity index (χ4v) is 2.18. The molecule has 3 N–H and O–H groups in total. The van der Waals surface area contributed by atoms with Crippen LogP contribution in [0.3, 0.4) is 0 Å². The molecule has 136 valence electrons. The van der Waals surface area contributed by atoms with E-state index >= 15 is 0 Å². The SMILES string of the molecule is COc1cc(/C=N/NC(=O)CCC(=O)Nc2cccc(C)c2)ccc1O. The summed E-state index contributed by atoms with van der Waals surface area (Å²) in [5, 5.41) is 16.1. The summed E-state index contributed by atoms with van der Waals surface area (Å²) in [6.45, 7) is 1.94. The zero-order chi connectivity index (χ0) is 18.9. The van der Waals surface area contributed by atoms with Crippen LogP contribution in [-0.2, 0) is 9.59 Å². The first-order chi connectivity index (χ1) is 12.5. The van der Waals surface area contributed by atoms with Gasteiger partial charge < -0.3 is 15.2 Å². The van der Waals surface area contributed by atoms with Crippen molar-refractivity contribution in [3.05, 3.63) is 53.6 Å². The summed E-state index contributed by atoms with van der Waals surface area (Å²) in [5.74, 6) is -0.272. The van der Waals surface area contributed by atoms with Crippen LogP contribution in [0.5, 0.6) is 11.5 Å². The van der Waals surface area contributed by atoms with Gasteiger partial charge in [0.2, 0.25) is 11.8 Å². The number of hydrogen-bond acceptors (Lipinski definition) is 5. The van der Waals surface area contributed by atoms with E-state index in [1.165, 1.54) is 19.4 Å². The van der Waals surface area contributed by atoms with Crippen molar-refractivity contribution < 1.29 is 19.4 Å². The zero-order valence-electron chi connectivity index (χ0n) is 14.7. The molecule has 7 nitrogen and oxygen atoms in total. The Bertz CT molecular complexity index is 818. The molecule has 0 radical (unpaired) electrons. The summed E-state index contributed by atoms with van der Waals surface area (Å²) in [6.07, 6.45) is 1.50. The molecule has 26 heavy (non-hydrogen) atoms. The molecule has 0 heterocycles. The Labute approximate surface area is 151 Å². The Morgan fingerprint density at radius 1 is 1.15 bits per heavy atom. The van der Waals surface area contributed by atoms with Crippen molar-refractivity contribution in [2.75, 3.05) is 12.4 Å². The van der Waals surface area contributed by atoms with Gasteiger partial charge in [-0.2, -0.15) is 5.10 Å². The number of anilines is 1. The van der Waals surface area contributed by atoms with E-state index in [0.717, 1.165) is 5.56 Å². The largest absolute Gasteiger partial charge is 0.504 e. The highest BCUT2D eigenvalue weighted by Gasteiger charge is 2.07. The Morgan fingerprint density at radius 3 is 2.65 bits per heavy atom. The molecule has 0 spiro atoms. The number of aryl methyl sites for hydroxylation is 1. The minimum atomic E-state index is -0.369. The van der Waals surface area contributed by atoms with E-state index in [9.17, 15) is 14.7 Å². The number of aromatic hydroxyl groups is 1. The highest BCUT2D eigenvalue weighted by atomic mass is 16.5. The number of carbonyl (C=O) groups is 2. The lowest BCUT2D eigenvalue weighted by atomic mass is 10.2. The summed E-state index contributed by atoms with van der Waals surface area (Å²) in [7, 11) is 1.44. The Balaban J connectivity index is 1.77. The predicted molar refractivity (Wildman–Crippen MR) is 99.4 cm³/mol. The van der Waals surface area contributed by atoms with Gasteiger partial charge >= 0.3 is 0 Å². The van der Waals surface area contributed by atoms with Gasteiger partial charge in [0.15, 0.2) is 11.5 Å². The van der Waals surface area contributed by atoms with Crippen LogP contribution in [0.15, 0.2) is 47.6 Å². The van der Waals surface area contributed by atoms with Gasteiger partial charge in [0.25, 0.3) is 0 Å². The second-order valence-corrected chi connectivity index (χ2v) is 5.64. The highest BCUT2D eigenvalue weighted by molar-refractivity contribution is 5.93. The number of phenols is 1. The number of phenolic OH excluding ortho intramolecular Hbond substituents is 1. The van der Waals surface area contributed by atoms with Crippen LogP contribution in [0.2, 0.25) is 0 Å². The van der Waals surface area contributed by atoms with E-state index in [-0.39, 0.29) is 30.4 Å². The number of rotatable bonds is 7. The second kappa shape index (κ2) is 9.22. The molecule has 7 heteroatoms. The van der Waals surface area contributed by atoms with Gasteiger partial charge in [-0.25, -0.2) is 5.43 Å². The molecule has 0 fully saturated rings. The number of nitrogens with zero attached hydrogens (tertiary/aromatic N) is 1. The number of hydrazone groups is 1. The van der Waals surface area contributed by atoms with Gasteiger partial charge in [-0.15, -0.1) is 0 Å². The molecule has 0 aliphatic rings. The lowest BCUT2D eigenvalue weighted by Crippen LogP contribution is -2.20. The van der Waals surface area contributed by atoms with E-state index in [4.69, 9.17) is 4.74 Å². The molecule has 0 bridgehead atoms. The number of carbonyl (C=O) groups excluding carboxylic acids is 2. The number of hydrogen-bond donors (Lipinski definition) is 3. The summed E-state index contributed by atoms with van der Waals surface area (Å²) in [6, 6.07) is 12.1. The molecule has 2 rings (SSSR count). The van der Waals surface area contributed by atoms with Crippen LogP contribution in [0.1, 0.15) is 24.0 Å². The van der Waals surface area contributed by atoms with Crippen molar-refractivity contribution in [3.63, 3.8) is 0 Å². The topological polar surface area (TPSA) is 100 Å². The molecule has 0 aliphatic heterocycles. The van der Waals surface area contributed by atoms with Crippen molar-refractivity contribution >= 4 is 23.7 Å². The van der Waals surface area contributed by atoms with Gasteiger partial charge in [0.1, 0.15) is 0 Å². The standard InChI is InChI=1S/C19H21N3O4/c1-13-4-3-5-15(10-13)21-18(24)8-9-19(25)22-20-12-14-6-7-16(23)17(11-14)26-2/h3-7,10-12,23H,8-9H2,1-2H3,(H,21,24)(H,22,25)/b20-12+. The van der Waals surface area contributed by atoms with E-state index in [1.807, 2.05) is 25.1 Å². The van der Waals surface area contributed by atoms with Crippen LogP contribution >= 0.6 is 0 Å². The van der Waals surface area contributed by atoms with E-state index in [2.05, 4.69) is 15.8 Å². The Morgan fingerprint density at radius 2 is 1.92 bits per heavy atom. The number of amides is 2. The molecule has 2 amide bonds. The summed E-state index contributed by atoms with van der Waals surface area (Å²) in [5.41, 5.74) is 4.75. The van der Waals surface area contributed by atoms with Crippen LogP contribution in [0, 0.1) is 6.92 Å². The molecule has 0 saturated heterocycles. The van der Waals surface area contributed by atoms with Gasteiger partial charge in [-0.3, -0.25) is 9.59 Å². The van der Waals surface area contributed by atoms with Crippen LogP contribution in [0.4, 0.5) is 5.69 Å². The van der Waals surface area contributed by atoms with Gasteiger partial charge in [-0.1, -0.05) is 12.1 Å². The maximum Gasteiger partial charge on any atom is 0.240 e. The van der Waals surface area contributed by atoms with Crippen molar-refractivity contribution in [3.8, 4) is 11.5 Å². The second-order valence-electron chi connectivity index (χ2n) is 5.64. The normalized spacial score (nSPS) is 10.5. The van der Waals surface area contributed by atoms with Crippen molar-refractivity contribution in [1.29, 1.82) is 0 Å². The fraction of sp³-hybridized carbons (Fsp3) is 0.211. The lowest BCUT2D eigenvalue weighted by Gasteiger charge is -2.05. The van der Waals surface area contributed by atoms with E-state index in [1.54, 1.807) is 18.2 Å². The lowest BCUT2D eigenvalue weighted by molar-refractivity contribution is -0.124. The molecule has 2 aromatic carbocycles. The quantitative estimate of drug-likeness (QED) is 0.525. The first kappa shape index (κ1) is 19.0. The third-order valence-corrected chi connectivity index (χ3v) is 3.49. The molecule has 0 unspecified atom stereocenters. The monoisotopic (exact) mass is 355 g/mol. The van der Waals surface area contributed by atoms with Crippen molar-refractivity contribution in [2.24, 2.45) is 5.10 Å². The average molecular weight is 355 g/mol. The van der Waals surface area contributed by atoms with Gasteiger partial charge in [0, 0.05) is 18.5 Å². The van der Waals surface area contributed by atoms with Gasteiger partial charge in [0.05, 0.1) is 13.3 Å². The number of methoxy groups -OCH3 is 1. The summed E-state index contributed by atoms with van der Waals surface area (Å²) < 4.78 is 4.99. The van der Waals surface area contributed by atoms with Crippen molar-refractivity contribution in [2.45, 2.75) is 19.8 Å². The van der Waals surface area contributed by atoms with Crippen LogP contribution in [-0.4, -0.2) is 30.2 Å². The summed E-state index contributed by atoms with van der Waals surface area (Å²) >= 11 is 0. The molecule has 0 atom stereocenters. The molecule has 0 aliphatic carbocycles. The third-order valence-electron chi connectivity index (χ3n) is 3.49. The minimum absolute atomic E-state index is 0.0216. The first-order valence-corrected chi connectivity index (χ1v) is 8.03. The maximum atomic E-state index is 11.9. The first-order valence-electron chi connectivity index (χ1n) is 8.03. The molecular formula is C19H21N3O4. The third kappa shape index (κ3) is 5.94. The molecular weight excluding hydrogens is 334 g/mol. The average Bonchev–Trinajstić information content (AvgIpc) is 2.61. The van der Waals surface area contributed by atoms with Crippen LogP contribution in [0.25, 0.3) is 0 Å². The van der Waals surface area contributed by atoms with E-state index in [0.29, 0.717) is 17.0 Å². The number of ether oxygens (including phenoxy) is 1. The molecule has 0 aromatic heterocycles. The van der Waals surface area contributed by atoms with E-state index < -0.39 is 0 Å². The van der Waals surface area contributed by atoms with Crippen LogP contribution < -0.4 is 15.5 Å². The fourth-order valence-electron chi connectivity index (χ4n) is 2.18. The highest BCUT2D eigenvalue weighted by Crippen LogP contribution is 2.25. The number of nitrogens with one attached hydrogen (secondary N) is 2. The smallest absolute Gasteiger partial charge is 0.240 e. The molecule has 0 saturated carbocycles. The summed E-state index contributed by atoms with van der Waals surface area (Å²) in [4.78, 5) is 23.6.